The molecule has 0 saturated carbocycles. The van der Waals surface area contributed by atoms with Crippen LogP contribution in [0.2, 0.25) is 0 Å². The first-order valence-electron chi connectivity index (χ1n) is 4.80. The van der Waals surface area contributed by atoms with Crippen molar-refractivity contribution in [2.24, 2.45) is 0 Å². The van der Waals surface area contributed by atoms with Crippen LogP contribution in [0.3, 0.4) is 0 Å². The third-order valence-electron chi connectivity index (χ3n) is 2.23. The maximum Gasteiger partial charge on any atom is 0.326 e. The van der Waals surface area contributed by atoms with E-state index in [1.807, 2.05) is 32.0 Å². The summed E-state index contributed by atoms with van der Waals surface area (Å²) in [6, 6.07) is 5.19. The maximum absolute atomic E-state index is 10.9. The topological polar surface area (TPSA) is 49.3 Å². The van der Waals surface area contributed by atoms with Crippen LogP contribution in [0.15, 0.2) is 22.7 Å². The number of hydrogen-bond acceptors (Lipinski definition) is 2. The fourth-order valence-corrected chi connectivity index (χ4v) is 1.66. The second kappa shape index (κ2) is 5.16. The number of benzene rings is 1. The van der Waals surface area contributed by atoms with Crippen molar-refractivity contribution in [2.45, 2.75) is 26.3 Å². The molecule has 1 atom stereocenters. The molecule has 4 heteroatoms. The fraction of sp³-hybridized carbons (Fsp3) is 0.364. The van der Waals surface area contributed by atoms with Crippen molar-refractivity contribution in [3.05, 3.63) is 28.2 Å². The number of aryl methyl sites for hydroxylation is 1. The van der Waals surface area contributed by atoms with Crippen molar-refractivity contribution in [3.63, 3.8) is 0 Å². The minimum Gasteiger partial charge on any atom is -0.480 e. The summed E-state index contributed by atoms with van der Waals surface area (Å²) in [5.74, 6) is -0.828. The Morgan fingerprint density at radius 3 is 2.80 bits per heavy atom. The van der Waals surface area contributed by atoms with Crippen molar-refractivity contribution in [3.8, 4) is 0 Å². The molecule has 2 N–H and O–H groups in total. The van der Waals surface area contributed by atoms with Gasteiger partial charge in [0.25, 0.3) is 0 Å². The number of halogens is 1. The summed E-state index contributed by atoms with van der Waals surface area (Å²) < 4.78 is 0.921. The Balaban J connectivity index is 2.88. The molecule has 0 aliphatic rings. The third kappa shape index (κ3) is 2.96. The van der Waals surface area contributed by atoms with Gasteiger partial charge in [0, 0.05) is 10.2 Å². The van der Waals surface area contributed by atoms with Gasteiger partial charge in [0.1, 0.15) is 6.04 Å². The molecule has 0 amide bonds. The van der Waals surface area contributed by atoms with Crippen LogP contribution in [-0.2, 0) is 4.79 Å². The van der Waals surface area contributed by atoms with Crippen LogP contribution in [0.4, 0.5) is 5.69 Å². The molecule has 0 bridgehead atoms. The molecule has 0 fully saturated rings. The van der Waals surface area contributed by atoms with Gasteiger partial charge in [-0.2, -0.15) is 0 Å². The summed E-state index contributed by atoms with van der Waals surface area (Å²) in [4.78, 5) is 10.9. The second-order valence-corrected chi connectivity index (χ2v) is 4.17. The van der Waals surface area contributed by atoms with Crippen molar-refractivity contribution >= 4 is 27.6 Å². The van der Waals surface area contributed by atoms with Gasteiger partial charge < -0.3 is 10.4 Å². The maximum atomic E-state index is 10.9. The lowest BCUT2D eigenvalue weighted by molar-refractivity contribution is -0.137. The number of rotatable bonds is 4. The van der Waals surface area contributed by atoms with E-state index in [9.17, 15) is 4.79 Å². The molecule has 0 aliphatic carbocycles. The highest BCUT2D eigenvalue weighted by Crippen LogP contribution is 2.26. The number of carboxylic acids is 1. The second-order valence-electron chi connectivity index (χ2n) is 3.38. The molecule has 0 aromatic heterocycles. The Morgan fingerprint density at radius 2 is 2.27 bits per heavy atom. The Kier molecular flexibility index (Phi) is 4.15. The first-order chi connectivity index (χ1) is 7.06. The minimum absolute atomic E-state index is 0.539. The van der Waals surface area contributed by atoms with Crippen molar-refractivity contribution in [1.29, 1.82) is 0 Å². The number of carbonyl (C=O) groups is 1. The average molecular weight is 272 g/mol. The molecular weight excluding hydrogens is 258 g/mol. The van der Waals surface area contributed by atoms with Gasteiger partial charge in [0.2, 0.25) is 0 Å². The summed E-state index contributed by atoms with van der Waals surface area (Å²) in [5, 5.41) is 11.9. The molecule has 1 aromatic carbocycles. The molecule has 1 unspecified atom stereocenters. The number of aliphatic carboxylic acids is 1. The SMILES string of the molecule is CCC(Nc1cccc(C)c1Br)C(=O)O. The van der Waals surface area contributed by atoms with Gasteiger partial charge in [-0.3, -0.25) is 0 Å². The molecular formula is C11H14BrNO2. The van der Waals surface area contributed by atoms with Crippen LogP contribution in [0.1, 0.15) is 18.9 Å². The van der Waals surface area contributed by atoms with Crippen molar-refractivity contribution in [1.82, 2.24) is 0 Å². The van der Waals surface area contributed by atoms with Crippen LogP contribution in [0.5, 0.6) is 0 Å². The van der Waals surface area contributed by atoms with Gasteiger partial charge in [-0.1, -0.05) is 19.1 Å². The van der Waals surface area contributed by atoms with Gasteiger partial charge in [-0.05, 0) is 40.9 Å². The Morgan fingerprint density at radius 1 is 1.60 bits per heavy atom. The van der Waals surface area contributed by atoms with Gasteiger partial charge in [0.15, 0.2) is 0 Å². The zero-order valence-corrected chi connectivity index (χ0v) is 10.3. The van der Waals surface area contributed by atoms with Gasteiger partial charge in [-0.25, -0.2) is 4.79 Å². The molecule has 0 radical (unpaired) electrons. The van der Waals surface area contributed by atoms with Gasteiger partial charge in [-0.15, -0.1) is 0 Å². The largest absolute Gasteiger partial charge is 0.480 e. The summed E-state index contributed by atoms with van der Waals surface area (Å²) in [7, 11) is 0. The van der Waals surface area contributed by atoms with Crippen LogP contribution in [-0.4, -0.2) is 17.1 Å². The van der Waals surface area contributed by atoms with E-state index in [0.717, 1.165) is 15.7 Å². The van der Waals surface area contributed by atoms with E-state index < -0.39 is 12.0 Å². The third-order valence-corrected chi connectivity index (χ3v) is 3.28. The zero-order valence-electron chi connectivity index (χ0n) is 8.75. The van der Waals surface area contributed by atoms with Crippen LogP contribution in [0.25, 0.3) is 0 Å². The van der Waals surface area contributed by atoms with Crippen molar-refractivity contribution in [2.75, 3.05) is 5.32 Å². The Bertz CT molecular complexity index is 366. The lowest BCUT2D eigenvalue weighted by Gasteiger charge is -2.15. The monoisotopic (exact) mass is 271 g/mol. The first kappa shape index (κ1) is 12.0. The quantitative estimate of drug-likeness (QED) is 0.885. The Hall–Kier alpha value is -1.03. The lowest BCUT2D eigenvalue weighted by Crippen LogP contribution is -2.28. The summed E-state index contributed by atoms with van der Waals surface area (Å²) in [6.45, 7) is 3.81. The van der Waals surface area contributed by atoms with E-state index in [4.69, 9.17) is 5.11 Å². The van der Waals surface area contributed by atoms with Crippen molar-refractivity contribution < 1.29 is 9.90 Å². The van der Waals surface area contributed by atoms with E-state index in [-0.39, 0.29) is 0 Å². The molecule has 0 heterocycles. The van der Waals surface area contributed by atoms with E-state index in [2.05, 4.69) is 21.2 Å². The lowest BCUT2D eigenvalue weighted by atomic mass is 10.2. The van der Waals surface area contributed by atoms with Crippen LogP contribution < -0.4 is 5.32 Å². The molecule has 0 aliphatic heterocycles. The molecule has 0 spiro atoms. The first-order valence-corrected chi connectivity index (χ1v) is 5.60. The molecule has 3 nitrogen and oxygen atoms in total. The molecule has 0 saturated heterocycles. The van der Waals surface area contributed by atoms with E-state index in [1.165, 1.54) is 0 Å². The summed E-state index contributed by atoms with van der Waals surface area (Å²) in [6.07, 6.45) is 0.551. The summed E-state index contributed by atoms with van der Waals surface area (Å²) >= 11 is 3.43. The highest BCUT2D eigenvalue weighted by Gasteiger charge is 2.15. The highest BCUT2D eigenvalue weighted by atomic mass is 79.9. The predicted octanol–water partition coefficient (Wildman–Crippen LogP) is 3.03. The number of carboxylic acid groups (broad SMARTS) is 1. The molecule has 1 aromatic rings. The van der Waals surface area contributed by atoms with E-state index in [1.54, 1.807) is 0 Å². The van der Waals surface area contributed by atoms with E-state index >= 15 is 0 Å². The highest BCUT2D eigenvalue weighted by molar-refractivity contribution is 9.10. The zero-order chi connectivity index (χ0) is 11.4. The Labute approximate surface area is 97.6 Å². The number of nitrogens with one attached hydrogen (secondary N) is 1. The number of anilines is 1. The molecule has 1 rings (SSSR count). The van der Waals surface area contributed by atoms with Gasteiger partial charge in [0.05, 0.1) is 0 Å². The van der Waals surface area contributed by atoms with Crippen LogP contribution in [0, 0.1) is 6.92 Å². The predicted molar refractivity (Wildman–Crippen MR) is 64.2 cm³/mol. The number of hydrogen-bond donors (Lipinski definition) is 2. The standard InChI is InChI=1S/C11H14BrNO2/c1-3-8(11(14)15)13-9-6-4-5-7(2)10(9)12/h4-6,8,13H,3H2,1-2H3,(H,14,15). The fourth-order valence-electron chi connectivity index (χ4n) is 1.29. The molecule has 15 heavy (non-hydrogen) atoms. The average Bonchev–Trinajstić information content (AvgIpc) is 2.19. The van der Waals surface area contributed by atoms with Gasteiger partial charge >= 0.3 is 5.97 Å². The smallest absolute Gasteiger partial charge is 0.326 e. The minimum atomic E-state index is -0.828. The normalized spacial score (nSPS) is 12.2. The van der Waals surface area contributed by atoms with E-state index in [0.29, 0.717) is 6.42 Å². The molecule has 82 valence electrons. The summed E-state index contributed by atoms with van der Waals surface area (Å²) in [5.41, 5.74) is 1.91. The van der Waals surface area contributed by atoms with Crippen LogP contribution >= 0.6 is 15.9 Å².